The number of amides is 2. The highest BCUT2D eigenvalue weighted by atomic mass is 35.5. The van der Waals surface area contributed by atoms with E-state index in [9.17, 15) is 9.59 Å². The average molecular weight is 338 g/mol. The van der Waals surface area contributed by atoms with Gasteiger partial charge in [0.15, 0.2) is 0 Å². The Hall–Kier alpha value is -1.59. The maximum atomic E-state index is 11.9. The third-order valence-corrected chi connectivity index (χ3v) is 4.77. The summed E-state index contributed by atoms with van der Waals surface area (Å²) in [6.07, 6.45) is 5.63. The number of benzene rings is 1. The van der Waals surface area contributed by atoms with Gasteiger partial charge in [-0.15, -0.1) is 0 Å². The molecule has 2 amide bonds. The molecule has 0 aromatic heterocycles. The minimum Gasteiger partial charge on any atom is -0.354 e. The average Bonchev–Trinajstić information content (AvgIpc) is 2.59. The van der Waals surface area contributed by atoms with E-state index in [0.717, 1.165) is 25.7 Å². The SMILES string of the molecule is NCC(=O)NCC(=O)NCC1(c2ccc(Cl)cc2)CCCCC1. The summed E-state index contributed by atoms with van der Waals surface area (Å²) in [5.74, 6) is -0.518. The molecule has 1 saturated carbocycles. The third kappa shape index (κ3) is 4.94. The number of nitrogens with one attached hydrogen (secondary N) is 2. The zero-order valence-corrected chi connectivity index (χ0v) is 14.0. The Morgan fingerprint density at radius 2 is 1.70 bits per heavy atom. The number of halogens is 1. The lowest BCUT2D eigenvalue weighted by Gasteiger charge is -2.38. The quantitative estimate of drug-likeness (QED) is 0.739. The lowest BCUT2D eigenvalue weighted by Crippen LogP contribution is -2.46. The molecule has 0 atom stereocenters. The van der Waals surface area contributed by atoms with E-state index in [1.54, 1.807) is 0 Å². The molecule has 0 aliphatic heterocycles. The molecule has 1 aliphatic carbocycles. The predicted octanol–water partition coefficient (Wildman–Crippen LogP) is 1.73. The van der Waals surface area contributed by atoms with Gasteiger partial charge in [-0.05, 0) is 30.5 Å². The molecule has 0 heterocycles. The van der Waals surface area contributed by atoms with Crippen LogP contribution in [0.5, 0.6) is 0 Å². The summed E-state index contributed by atoms with van der Waals surface area (Å²) in [4.78, 5) is 23.1. The molecule has 0 unspecified atom stereocenters. The van der Waals surface area contributed by atoms with E-state index < -0.39 is 0 Å². The van der Waals surface area contributed by atoms with Crippen LogP contribution >= 0.6 is 11.6 Å². The van der Waals surface area contributed by atoms with E-state index in [-0.39, 0.29) is 30.3 Å². The number of carbonyl (C=O) groups is 2. The largest absolute Gasteiger partial charge is 0.354 e. The van der Waals surface area contributed by atoms with Crippen LogP contribution in [0.1, 0.15) is 37.7 Å². The molecule has 0 radical (unpaired) electrons. The van der Waals surface area contributed by atoms with Gasteiger partial charge >= 0.3 is 0 Å². The number of rotatable bonds is 6. The van der Waals surface area contributed by atoms with E-state index in [0.29, 0.717) is 11.6 Å². The fourth-order valence-corrected chi connectivity index (χ4v) is 3.31. The second-order valence-electron chi connectivity index (χ2n) is 6.11. The van der Waals surface area contributed by atoms with E-state index in [1.807, 2.05) is 12.1 Å². The number of nitrogens with two attached hydrogens (primary N) is 1. The maximum Gasteiger partial charge on any atom is 0.239 e. The van der Waals surface area contributed by atoms with Crippen LogP contribution in [-0.4, -0.2) is 31.4 Å². The van der Waals surface area contributed by atoms with Crippen molar-refractivity contribution in [2.75, 3.05) is 19.6 Å². The predicted molar refractivity (Wildman–Crippen MR) is 91.3 cm³/mol. The zero-order chi connectivity index (χ0) is 16.7. The van der Waals surface area contributed by atoms with Crippen LogP contribution in [0, 0.1) is 0 Å². The molecule has 5 nitrogen and oxygen atoms in total. The number of hydrogen-bond donors (Lipinski definition) is 3. The van der Waals surface area contributed by atoms with Crippen LogP contribution in [0.2, 0.25) is 5.02 Å². The van der Waals surface area contributed by atoms with Crippen molar-refractivity contribution in [3.05, 3.63) is 34.9 Å². The molecule has 2 rings (SSSR count). The molecule has 0 saturated heterocycles. The molecule has 6 heteroatoms. The van der Waals surface area contributed by atoms with Crippen molar-refractivity contribution in [3.63, 3.8) is 0 Å². The van der Waals surface area contributed by atoms with Gasteiger partial charge in [-0.25, -0.2) is 0 Å². The van der Waals surface area contributed by atoms with Crippen LogP contribution in [0.4, 0.5) is 0 Å². The number of carbonyl (C=O) groups excluding carboxylic acids is 2. The van der Waals surface area contributed by atoms with Crippen molar-refractivity contribution in [3.8, 4) is 0 Å². The Bertz CT molecular complexity index is 539. The Labute approximate surface area is 142 Å². The Morgan fingerprint density at radius 1 is 1.04 bits per heavy atom. The lowest BCUT2D eigenvalue weighted by atomic mass is 9.69. The highest BCUT2D eigenvalue weighted by molar-refractivity contribution is 6.30. The van der Waals surface area contributed by atoms with Gasteiger partial charge in [0.25, 0.3) is 0 Å². The van der Waals surface area contributed by atoms with Crippen molar-refractivity contribution in [1.29, 1.82) is 0 Å². The summed E-state index contributed by atoms with van der Waals surface area (Å²) in [5.41, 5.74) is 6.37. The van der Waals surface area contributed by atoms with Crippen molar-refractivity contribution >= 4 is 23.4 Å². The normalized spacial score (nSPS) is 16.6. The zero-order valence-electron chi connectivity index (χ0n) is 13.2. The molecule has 0 spiro atoms. The summed E-state index contributed by atoms with van der Waals surface area (Å²) < 4.78 is 0. The van der Waals surface area contributed by atoms with Crippen molar-refractivity contribution in [1.82, 2.24) is 10.6 Å². The first kappa shape index (κ1) is 17.8. The van der Waals surface area contributed by atoms with E-state index in [2.05, 4.69) is 22.8 Å². The van der Waals surface area contributed by atoms with Crippen molar-refractivity contribution in [2.45, 2.75) is 37.5 Å². The van der Waals surface area contributed by atoms with Gasteiger partial charge in [-0.1, -0.05) is 43.0 Å². The highest BCUT2D eigenvalue weighted by Gasteiger charge is 2.34. The topological polar surface area (TPSA) is 84.2 Å². The summed E-state index contributed by atoms with van der Waals surface area (Å²) in [6, 6.07) is 7.90. The van der Waals surface area contributed by atoms with Crippen LogP contribution in [0.25, 0.3) is 0 Å². The van der Waals surface area contributed by atoms with E-state index >= 15 is 0 Å². The van der Waals surface area contributed by atoms with Gasteiger partial charge in [0.1, 0.15) is 0 Å². The van der Waals surface area contributed by atoms with E-state index in [4.69, 9.17) is 17.3 Å². The minimum atomic E-state index is -0.328. The molecular weight excluding hydrogens is 314 g/mol. The maximum absolute atomic E-state index is 11.9. The van der Waals surface area contributed by atoms with Gasteiger partial charge in [0.2, 0.25) is 11.8 Å². The summed E-state index contributed by atoms with van der Waals surface area (Å²) in [6.45, 7) is 0.431. The summed E-state index contributed by atoms with van der Waals surface area (Å²) >= 11 is 5.99. The fourth-order valence-electron chi connectivity index (χ4n) is 3.18. The first-order chi connectivity index (χ1) is 11.1. The summed E-state index contributed by atoms with van der Waals surface area (Å²) in [5, 5.41) is 6.16. The van der Waals surface area contributed by atoms with Crippen molar-refractivity contribution < 1.29 is 9.59 Å². The van der Waals surface area contributed by atoms with Crippen LogP contribution in [0.15, 0.2) is 24.3 Å². The molecule has 0 bridgehead atoms. The van der Waals surface area contributed by atoms with Crippen molar-refractivity contribution in [2.24, 2.45) is 5.73 Å². The minimum absolute atomic E-state index is 0.0350. The lowest BCUT2D eigenvalue weighted by molar-refractivity contribution is -0.125. The summed E-state index contributed by atoms with van der Waals surface area (Å²) in [7, 11) is 0. The van der Waals surface area contributed by atoms with Gasteiger partial charge < -0.3 is 16.4 Å². The second-order valence-corrected chi connectivity index (χ2v) is 6.54. The molecular formula is C17H24ClN3O2. The number of hydrogen-bond acceptors (Lipinski definition) is 3. The van der Waals surface area contributed by atoms with Gasteiger partial charge in [-0.3, -0.25) is 9.59 Å². The molecule has 1 fully saturated rings. The smallest absolute Gasteiger partial charge is 0.239 e. The highest BCUT2D eigenvalue weighted by Crippen LogP contribution is 2.39. The second kappa shape index (κ2) is 8.31. The van der Waals surface area contributed by atoms with Gasteiger partial charge in [0.05, 0.1) is 13.1 Å². The Morgan fingerprint density at radius 3 is 2.30 bits per heavy atom. The monoisotopic (exact) mass is 337 g/mol. The molecule has 4 N–H and O–H groups in total. The van der Waals surface area contributed by atoms with Gasteiger partial charge in [-0.2, -0.15) is 0 Å². The fraction of sp³-hybridized carbons (Fsp3) is 0.529. The molecule has 1 aromatic rings. The molecule has 1 aromatic carbocycles. The first-order valence-corrected chi connectivity index (χ1v) is 8.43. The van der Waals surface area contributed by atoms with Crippen LogP contribution in [0.3, 0.4) is 0 Å². The molecule has 126 valence electrons. The molecule has 1 aliphatic rings. The standard InChI is InChI=1S/C17H24ClN3O2/c18-14-6-4-13(5-7-14)17(8-2-1-3-9-17)12-21-16(23)11-20-15(22)10-19/h4-7H,1-3,8-12,19H2,(H,20,22)(H,21,23). The Balaban J connectivity index is 2.00. The first-order valence-electron chi connectivity index (χ1n) is 8.05. The van der Waals surface area contributed by atoms with Crippen LogP contribution < -0.4 is 16.4 Å². The van der Waals surface area contributed by atoms with Crippen LogP contribution in [-0.2, 0) is 15.0 Å². The van der Waals surface area contributed by atoms with E-state index in [1.165, 1.54) is 12.0 Å². The Kier molecular flexibility index (Phi) is 6.42. The third-order valence-electron chi connectivity index (χ3n) is 4.52. The molecule has 23 heavy (non-hydrogen) atoms. The van der Waals surface area contributed by atoms with Gasteiger partial charge in [0, 0.05) is 17.0 Å².